The highest BCUT2D eigenvalue weighted by atomic mass is 16.2. The summed E-state index contributed by atoms with van der Waals surface area (Å²) < 4.78 is 0. The van der Waals surface area contributed by atoms with Crippen LogP contribution < -0.4 is 16.0 Å². The highest BCUT2D eigenvalue weighted by Crippen LogP contribution is 2.13. The van der Waals surface area contributed by atoms with Gasteiger partial charge in [0.25, 0.3) is 0 Å². The van der Waals surface area contributed by atoms with E-state index < -0.39 is 29.9 Å². The third kappa shape index (κ3) is 13.5. The van der Waals surface area contributed by atoms with Crippen LogP contribution in [0, 0.1) is 29.1 Å². The van der Waals surface area contributed by atoms with Crippen molar-refractivity contribution in [1.29, 1.82) is 5.26 Å². The zero-order chi connectivity index (χ0) is 29.4. The molecule has 1 aromatic carbocycles. The second-order valence-corrected chi connectivity index (χ2v) is 11.0. The molecule has 0 unspecified atom stereocenters. The molecule has 0 aliphatic rings. The van der Waals surface area contributed by atoms with Gasteiger partial charge in [-0.25, -0.2) is 0 Å². The molecule has 0 fully saturated rings. The molecule has 0 spiro atoms. The zero-order valence-electron chi connectivity index (χ0n) is 23.9. The lowest BCUT2D eigenvalue weighted by Crippen LogP contribution is -2.56. The highest BCUT2D eigenvalue weighted by molar-refractivity contribution is 5.93. The molecule has 10 heteroatoms. The minimum absolute atomic E-state index is 0.0667. The van der Waals surface area contributed by atoms with Crippen molar-refractivity contribution in [2.45, 2.75) is 91.4 Å². The monoisotopic (exact) mass is 537 g/mol. The number of rotatable bonds is 16. The van der Waals surface area contributed by atoms with Crippen LogP contribution in [0.15, 0.2) is 47.6 Å². The number of nitrogens with one attached hydrogen (secondary N) is 3. The van der Waals surface area contributed by atoms with E-state index in [9.17, 15) is 14.4 Å². The van der Waals surface area contributed by atoms with Gasteiger partial charge < -0.3 is 16.0 Å². The summed E-state index contributed by atoms with van der Waals surface area (Å²) >= 11 is 0. The normalized spacial score (nSPS) is 14.3. The quantitative estimate of drug-likeness (QED) is 0.122. The van der Waals surface area contributed by atoms with E-state index in [0.29, 0.717) is 19.3 Å². The van der Waals surface area contributed by atoms with Gasteiger partial charge in [-0.15, -0.1) is 0 Å². The lowest BCUT2D eigenvalue weighted by atomic mass is 9.98. The van der Waals surface area contributed by atoms with Crippen molar-refractivity contribution in [3.8, 4) is 6.07 Å². The summed E-state index contributed by atoms with van der Waals surface area (Å²) in [7, 11) is 0. The van der Waals surface area contributed by atoms with Crippen LogP contribution >= 0.6 is 0 Å². The summed E-state index contributed by atoms with van der Waals surface area (Å²) in [6.45, 7) is 11.8. The fourth-order valence-electron chi connectivity index (χ4n) is 4.17. The molecule has 10 nitrogen and oxygen atoms in total. The molecule has 3 amide bonds. The second kappa shape index (κ2) is 17.6. The van der Waals surface area contributed by atoms with Gasteiger partial charge in [-0.05, 0) is 54.5 Å². The lowest BCUT2D eigenvalue weighted by molar-refractivity contribution is -0.133. The fourth-order valence-corrected chi connectivity index (χ4v) is 4.17. The summed E-state index contributed by atoms with van der Waals surface area (Å²) in [6.07, 6.45) is 4.55. The minimum Gasteiger partial charge on any atom is -0.348 e. The summed E-state index contributed by atoms with van der Waals surface area (Å²) in [5.41, 5.74) is 9.85. The van der Waals surface area contributed by atoms with E-state index >= 15 is 0 Å². The number of allylic oxidation sites excluding steroid dienone is 1. The molecule has 3 N–H and O–H groups in total. The fraction of sp³-hybridized carbons (Fsp3) is 0.586. The molecule has 0 aromatic heterocycles. The Morgan fingerprint density at radius 3 is 1.87 bits per heavy atom. The van der Waals surface area contributed by atoms with Crippen molar-refractivity contribution in [2.24, 2.45) is 22.9 Å². The number of carbonyl (C=O) groups is 3. The maximum Gasteiger partial charge on any atom is 0.243 e. The van der Waals surface area contributed by atoms with Crippen LogP contribution in [0.25, 0.3) is 10.4 Å². The van der Waals surface area contributed by atoms with Gasteiger partial charge in [-0.2, -0.15) is 5.26 Å². The Kier molecular flexibility index (Phi) is 15.0. The van der Waals surface area contributed by atoms with Gasteiger partial charge in [0, 0.05) is 17.0 Å². The summed E-state index contributed by atoms with van der Waals surface area (Å²) in [5, 5.41) is 21.1. The molecule has 0 radical (unpaired) electrons. The number of nitrogens with zero attached hydrogens (tertiary/aromatic N) is 4. The van der Waals surface area contributed by atoms with Crippen molar-refractivity contribution in [3.05, 3.63) is 58.5 Å². The van der Waals surface area contributed by atoms with Gasteiger partial charge in [0.05, 0.1) is 6.07 Å². The Hall–Kier alpha value is -3.83. The number of benzene rings is 1. The maximum absolute atomic E-state index is 13.4. The van der Waals surface area contributed by atoms with Crippen molar-refractivity contribution in [2.75, 3.05) is 0 Å². The predicted molar refractivity (Wildman–Crippen MR) is 152 cm³/mol. The van der Waals surface area contributed by atoms with Gasteiger partial charge >= 0.3 is 0 Å². The standard InChI is InChI=1S/C29H43N7O3/c1-19(2)15-23(13-10-14-30)32-27(37)24(16-20(3)4)33-28(38)25(17-21(5)6)34-29(39)26(35-36-31)18-22-11-8-7-9-12-22/h7-13,19-21,23-26H,15-18H2,1-6H3,(H,32,37)(H,33,38)(H,34,39)/b13-10+/t23-,24+,25+,26+/m1/s1. The number of nitriles is 1. The van der Waals surface area contributed by atoms with Crippen molar-refractivity contribution < 1.29 is 14.4 Å². The molecular weight excluding hydrogens is 494 g/mol. The van der Waals surface area contributed by atoms with Crippen LogP contribution in [-0.2, 0) is 20.8 Å². The van der Waals surface area contributed by atoms with Crippen molar-refractivity contribution in [3.63, 3.8) is 0 Å². The molecular formula is C29H43N7O3. The molecule has 1 aromatic rings. The van der Waals surface area contributed by atoms with E-state index in [1.807, 2.05) is 77.9 Å². The van der Waals surface area contributed by atoms with E-state index in [2.05, 4.69) is 26.0 Å². The Labute approximate surface area is 232 Å². The van der Waals surface area contributed by atoms with Gasteiger partial charge in [-0.1, -0.05) is 83.1 Å². The molecule has 212 valence electrons. The van der Waals surface area contributed by atoms with E-state index in [1.165, 1.54) is 6.08 Å². The van der Waals surface area contributed by atoms with Crippen molar-refractivity contribution in [1.82, 2.24) is 16.0 Å². The molecule has 0 saturated carbocycles. The van der Waals surface area contributed by atoms with Gasteiger partial charge in [0.2, 0.25) is 17.7 Å². The topological polar surface area (TPSA) is 160 Å². The van der Waals surface area contributed by atoms with Gasteiger partial charge in [0.1, 0.15) is 18.1 Å². The van der Waals surface area contributed by atoms with E-state index in [0.717, 1.165) is 5.56 Å². The number of azide groups is 1. The first-order valence-corrected chi connectivity index (χ1v) is 13.5. The highest BCUT2D eigenvalue weighted by Gasteiger charge is 2.30. The second-order valence-electron chi connectivity index (χ2n) is 11.0. The van der Waals surface area contributed by atoms with E-state index in [4.69, 9.17) is 10.8 Å². The van der Waals surface area contributed by atoms with E-state index in [1.54, 1.807) is 6.08 Å². The lowest BCUT2D eigenvalue weighted by Gasteiger charge is -2.27. The van der Waals surface area contributed by atoms with E-state index in [-0.39, 0.29) is 36.1 Å². The van der Waals surface area contributed by atoms with Crippen LogP contribution in [0.4, 0.5) is 0 Å². The SMILES string of the molecule is CC(C)C[C@@H](/C=C/C#N)NC(=O)[C@H](CC(C)C)NC(=O)[C@H](CC(C)C)NC(=O)[C@H](Cc1ccccc1)N=[N+]=[N-]. The number of carbonyl (C=O) groups excluding carboxylic acids is 3. The molecule has 0 saturated heterocycles. The number of amides is 3. The molecule has 0 aliphatic heterocycles. The van der Waals surface area contributed by atoms with Crippen LogP contribution in [0.5, 0.6) is 0 Å². The van der Waals surface area contributed by atoms with Crippen molar-refractivity contribution >= 4 is 17.7 Å². The molecule has 4 atom stereocenters. The third-order valence-corrected chi connectivity index (χ3v) is 5.90. The van der Waals surface area contributed by atoms with Crippen LogP contribution in [-0.4, -0.2) is 41.9 Å². The smallest absolute Gasteiger partial charge is 0.243 e. The zero-order valence-corrected chi connectivity index (χ0v) is 23.9. The summed E-state index contributed by atoms with van der Waals surface area (Å²) in [5.74, 6) is -0.931. The summed E-state index contributed by atoms with van der Waals surface area (Å²) in [4.78, 5) is 42.6. The average molecular weight is 538 g/mol. The van der Waals surface area contributed by atoms with Gasteiger partial charge in [0.15, 0.2) is 0 Å². The van der Waals surface area contributed by atoms with Crippen LogP contribution in [0.1, 0.15) is 66.4 Å². The first-order chi connectivity index (χ1) is 18.5. The average Bonchev–Trinajstić information content (AvgIpc) is 2.85. The minimum atomic E-state index is -1.03. The first-order valence-electron chi connectivity index (χ1n) is 13.5. The Balaban J connectivity index is 3.09. The molecule has 0 bridgehead atoms. The molecule has 0 heterocycles. The number of hydrogen-bond acceptors (Lipinski definition) is 5. The molecule has 1 rings (SSSR count). The summed E-state index contributed by atoms with van der Waals surface area (Å²) in [6, 6.07) is 8.00. The Morgan fingerprint density at radius 2 is 1.38 bits per heavy atom. The first kappa shape index (κ1) is 33.2. The molecule has 39 heavy (non-hydrogen) atoms. The number of hydrogen-bond donors (Lipinski definition) is 3. The predicted octanol–water partition coefficient (Wildman–Crippen LogP) is 4.58. The largest absolute Gasteiger partial charge is 0.348 e. The Morgan fingerprint density at radius 1 is 0.872 bits per heavy atom. The third-order valence-electron chi connectivity index (χ3n) is 5.90. The van der Waals surface area contributed by atoms with Gasteiger partial charge in [-0.3, -0.25) is 14.4 Å². The maximum atomic E-state index is 13.4. The van der Waals surface area contributed by atoms with Crippen LogP contribution in [0.3, 0.4) is 0 Å². The Bertz CT molecular complexity index is 1040. The molecule has 0 aliphatic carbocycles. The van der Waals surface area contributed by atoms with Crippen LogP contribution in [0.2, 0.25) is 0 Å².